The molecule has 1 rings (SSSR count). The number of carbonyl (C=O) groups excluding carboxylic acids is 1. The van der Waals surface area contributed by atoms with Gasteiger partial charge in [-0.3, -0.25) is 9.63 Å². The third-order valence-electron chi connectivity index (χ3n) is 1.95. The number of benzene rings is 1. The van der Waals surface area contributed by atoms with Crippen LogP contribution in [0.5, 0.6) is 0 Å². The van der Waals surface area contributed by atoms with Crippen molar-refractivity contribution in [2.24, 2.45) is 5.92 Å². The first-order valence-electron chi connectivity index (χ1n) is 5.53. The van der Waals surface area contributed by atoms with Crippen LogP contribution in [0.15, 0.2) is 30.3 Å². The number of amides is 1. The van der Waals surface area contributed by atoms with E-state index in [9.17, 15) is 4.79 Å². The number of rotatable bonds is 5. The molecule has 4 nitrogen and oxygen atoms in total. The molecule has 0 aliphatic rings. The Labute approximate surface area is 101 Å². The maximum atomic E-state index is 11.3. The Balaban J connectivity index is 2.37. The van der Waals surface area contributed by atoms with Crippen molar-refractivity contribution in [1.29, 1.82) is 0 Å². The van der Waals surface area contributed by atoms with E-state index in [4.69, 9.17) is 10.6 Å². The Kier molecular flexibility index (Phi) is 5.23. The topological polar surface area (TPSA) is 64.3 Å². The van der Waals surface area contributed by atoms with E-state index in [0.717, 1.165) is 5.56 Å². The zero-order chi connectivity index (χ0) is 12.7. The quantitative estimate of drug-likeness (QED) is 0.465. The molecule has 0 spiro atoms. The molecule has 3 N–H and O–H groups in total. The fraction of sp³-hybridized carbons (Fsp3) is 0.308. The van der Waals surface area contributed by atoms with Crippen molar-refractivity contribution in [3.63, 3.8) is 0 Å². The smallest absolute Gasteiger partial charge is 0.267 e. The minimum Gasteiger partial charge on any atom is -0.399 e. The molecule has 0 unspecified atom stereocenters. The van der Waals surface area contributed by atoms with E-state index in [1.165, 1.54) is 6.08 Å². The van der Waals surface area contributed by atoms with Crippen LogP contribution < -0.4 is 11.2 Å². The SMILES string of the molecule is CC(C)CONC(=O)/C=C/c1ccc(N)cc1. The van der Waals surface area contributed by atoms with E-state index in [0.29, 0.717) is 18.2 Å². The molecular weight excluding hydrogens is 216 g/mol. The van der Waals surface area contributed by atoms with Crippen molar-refractivity contribution >= 4 is 17.7 Å². The van der Waals surface area contributed by atoms with Crippen LogP contribution in [0, 0.1) is 5.92 Å². The summed E-state index contributed by atoms with van der Waals surface area (Å²) >= 11 is 0. The van der Waals surface area contributed by atoms with E-state index >= 15 is 0 Å². The molecule has 4 heteroatoms. The van der Waals surface area contributed by atoms with E-state index in [1.807, 2.05) is 26.0 Å². The highest BCUT2D eigenvalue weighted by Gasteiger charge is 1.97. The van der Waals surface area contributed by atoms with E-state index in [2.05, 4.69) is 5.48 Å². The average Bonchev–Trinajstić information content (AvgIpc) is 2.28. The number of hydrogen-bond acceptors (Lipinski definition) is 3. The van der Waals surface area contributed by atoms with E-state index < -0.39 is 0 Å². The molecule has 0 radical (unpaired) electrons. The van der Waals surface area contributed by atoms with Gasteiger partial charge in [-0.1, -0.05) is 26.0 Å². The summed E-state index contributed by atoms with van der Waals surface area (Å²) in [6, 6.07) is 7.25. The van der Waals surface area contributed by atoms with E-state index in [-0.39, 0.29) is 5.91 Å². The second kappa shape index (κ2) is 6.70. The van der Waals surface area contributed by atoms with Gasteiger partial charge in [-0.25, -0.2) is 5.48 Å². The van der Waals surface area contributed by atoms with Crippen LogP contribution in [0.1, 0.15) is 19.4 Å². The molecule has 1 aromatic carbocycles. The van der Waals surface area contributed by atoms with Gasteiger partial charge in [-0.2, -0.15) is 0 Å². The monoisotopic (exact) mass is 234 g/mol. The molecule has 0 atom stereocenters. The Morgan fingerprint density at radius 2 is 2.06 bits per heavy atom. The van der Waals surface area contributed by atoms with Gasteiger partial charge in [0.05, 0.1) is 6.61 Å². The fourth-order valence-electron chi connectivity index (χ4n) is 1.09. The summed E-state index contributed by atoms with van der Waals surface area (Å²) < 4.78 is 0. The first-order chi connectivity index (χ1) is 8.08. The van der Waals surface area contributed by atoms with Gasteiger partial charge in [0.15, 0.2) is 0 Å². The van der Waals surface area contributed by atoms with Gasteiger partial charge in [-0.15, -0.1) is 0 Å². The third kappa shape index (κ3) is 5.73. The highest BCUT2D eigenvalue weighted by atomic mass is 16.6. The van der Waals surface area contributed by atoms with Gasteiger partial charge in [-0.05, 0) is 29.7 Å². The lowest BCUT2D eigenvalue weighted by molar-refractivity contribution is -0.129. The molecule has 0 saturated heterocycles. The molecule has 0 heterocycles. The van der Waals surface area contributed by atoms with Crippen LogP contribution >= 0.6 is 0 Å². The predicted molar refractivity (Wildman–Crippen MR) is 68.8 cm³/mol. The van der Waals surface area contributed by atoms with Gasteiger partial charge in [0.25, 0.3) is 5.91 Å². The predicted octanol–water partition coefficient (Wildman–Crippen LogP) is 1.99. The second-order valence-corrected chi connectivity index (χ2v) is 4.17. The van der Waals surface area contributed by atoms with Crippen LogP contribution in [0.2, 0.25) is 0 Å². The van der Waals surface area contributed by atoms with Crippen molar-refractivity contribution in [3.05, 3.63) is 35.9 Å². The second-order valence-electron chi connectivity index (χ2n) is 4.17. The van der Waals surface area contributed by atoms with Crippen LogP contribution in [0.3, 0.4) is 0 Å². The number of anilines is 1. The van der Waals surface area contributed by atoms with Crippen LogP contribution in [-0.4, -0.2) is 12.5 Å². The summed E-state index contributed by atoms with van der Waals surface area (Å²) in [7, 11) is 0. The molecule has 0 aromatic heterocycles. The maximum Gasteiger partial charge on any atom is 0.267 e. The molecule has 0 bridgehead atoms. The van der Waals surface area contributed by atoms with Gasteiger partial charge in [0.2, 0.25) is 0 Å². The van der Waals surface area contributed by atoms with Crippen molar-refractivity contribution in [2.45, 2.75) is 13.8 Å². The van der Waals surface area contributed by atoms with Crippen LogP contribution in [0.4, 0.5) is 5.69 Å². The molecule has 0 aliphatic carbocycles. The number of nitrogens with two attached hydrogens (primary N) is 1. The average molecular weight is 234 g/mol. The van der Waals surface area contributed by atoms with Crippen LogP contribution in [-0.2, 0) is 9.63 Å². The molecule has 0 saturated carbocycles. The maximum absolute atomic E-state index is 11.3. The molecule has 17 heavy (non-hydrogen) atoms. The van der Waals surface area contributed by atoms with Gasteiger partial charge in [0.1, 0.15) is 0 Å². The lowest BCUT2D eigenvalue weighted by atomic mass is 10.2. The molecule has 1 amide bonds. The number of hydrogen-bond donors (Lipinski definition) is 2. The first kappa shape index (κ1) is 13.3. The Hall–Kier alpha value is -1.81. The Morgan fingerprint density at radius 1 is 1.41 bits per heavy atom. The summed E-state index contributed by atoms with van der Waals surface area (Å²) in [6.07, 6.45) is 3.12. The van der Waals surface area contributed by atoms with Gasteiger partial charge >= 0.3 is 0 Å². The molecule has 1 aromatic rings. The normalized spacial score (nSPS) is 11.0. The fourth-order valence-corrected chi connectivity index (χ4v) is 1.09. The lowest BCUT2D eigenvalue weighted by Crippen LogP contribution is -2.23. The lowest BCUT2D eigenvalue weighted by Gasteiger charge is -2.05. The minimum absolute atomic E-state index is 0.275. The number of nitrogen functional groups attached to an aromatic ring is 1. The van der Waals surface area contributed by atoms with Gasteiger partial charge in [0, 0.05) is 11.8 Å². The molecular formula is C13H18N2O2. The zero-order valence-corrected chi connectivity index (χ0v) is 10.1. The molecule has 0 aliphatic heterocycles. The summed E-state index contributed by atoms with van der Waals surface area (Å²) in [5.74, 6) is 0.110. The summed E-state index contributed by atoms with van der Waals surface area (Å²) in [6.45, 7) is 4.52. The largest absolute Gasteiger partial charge is 0.399 e. The summed E-state index contributed by atoms with van der Waals surface area (Å²) in [4.78, 5) is 16.3. The number of carbonyl (C=O) groups is 1. The molecule has 92 valence electrons. The van der Waals surface area contributed by atoms with Crippen molar-refractivity contribution < 1.29 is 9.63 Å². The Morgan fingerprint density at radius 3 is 2.65 bits per heavy atom. The Bertz CT molecular complexity index is 383. The summed E-state index contributed by atoms with van der Waals surface area (Å²) in [5.41, 5.74) is 9.51. The third-order valence-corrected chi connectivity index (χ3v) is 1.95. The van der Waals surface area contributed by atoms with E-state index in [1.54, 1.807) is 18.2 Å². The number of nitrogens with one attached hydrogen (secondary N) is 1. The minimum atomic E-state index is -0.275. The zero-order valence-electron chi connectivity index (χ0n) is 10.1. The van der Waals surface area contributed by atoms with Crippen molar-refractivity contribution in [2.75, 3.05) is 12.3 Å². The summed E-state index contributed by atoms with van der Waals surface area (Å²) in [5, 5.41) is 0. The highest BCUT2D eigenvalue weighted by Crippen LogP contribution is 2.06. The first-order valence-corrected chi connectivity index (χ1v) is 5.53. The highest BCUT2D eigenvalue weighted by molar-refractivity contribution is 5.90. The van der Waals surface area contributed by atoms with Crippen LogP contribution in [0.25, 0.3) is 6.08 Å². The van der Waals surface area contributed by atoms with Gasteiger partial charge < -0.3 is 5.73 Å². The molecule has 0 fully saturated rings. The standard InChI is InChI=1S/C13H18N2O2/c1-10(2)9-17-15-13(16)8-5-11-3-6-12(14)7-4-11/h3-8,10H,9,14H2,1-2H3,(H,15,16)/b8-5+. The van der Waals surface area contributed by atoms with Crippen molar-refractivity contribution in [3.8, 4) is 0 Å². The van der Waals surface area contributed by atoms with Crippen molar-refractivity contribution in [1.82, 2.24) is 5.48 Å². The number of hydroxylamine groups is 1.